The molecule has 1 amide bonds. The van der Waals surface area contributed by atoms with Crippen LogP contribution >= 0.6 is 15.9 Å². The van der Waals surface area contributed by atoms with Gasteiger partial charge in [-0.3, -0.25) is 4.79 Å². The summed E-state index contributed by atoms with van der Waals surface area (Å²) in [4.78, 5) is 12.1. The van der Waals surface area contributed by atoms with Gasteiger partial charge in [-0.2, -0.15) is 0 Å². The molecule has 0 radical (unpaired) electrons. The van der Waals surface area contributed by atoms with E-state index in [0.29, 0.717) is 5.92 Å². The third-order valence-corrected chi connectivity index (χ3v) is 3.89. The summed E-state index contributed by atoms with van der Waals surface area (Å²) in [6, 6.07) is 5.94. The van der Waals surface area contributed by atoms with Crippen molar-refractivity contribution in [2.75, 3.05) is 18.4 Å². The van der Waals surface area contributed by atoms with Crippen LogP contribution in [0.15, 0.2) is 22.7 Å². The van der Waals surface area contributed by atoms with Gasteiger partial charge in [0.05, 0.1) is 11.6 Å². The number of halogens is 1. The maximum atomic E-state index is 12.1. The summed E-state index contributed by atoms with van der Waals surface area (Å²) in [7, 11) is 0. The first kappa shape index (κ1) is 12.6. The Hall–Kier alpha value is -0.870. The van der Waals surface area contributed by atoms with Crippen LogP contribution in [0.25, 0.3) is 0 Å². The van der Waals surface area contributed by atoms with Crippen molar-refractivity contribution in [3.8, 4) is 0 Å². The molecule has 0 aliphatic carbocycles. The average molecular weight is 297 g/mol. The van der Waals surface area contributed by atoms with Crippen molar-refractivity contribution in [1.29, 1.82) is 0 Å². The lowest BCUT2D eigenvalue weighted by molar-refractivity contribution is -0.120. The monoisotopic (exact) mass is 296 g/mol. The maximum absolute atomic E-state index is 12.1. The van der Waals surface area contributed by atoms with Crippen molar-refractivity contribution >= 4 is 27.5 Å². The molecule has 1 fully saturated rings. The van der Waals surface area contributed by atoms with Gasteiger partial charge in [0.15, 0.2) is 0 Å². The Morgan fingerprint density at radius 3 is 2.82 bits per heavy atom. The third kappa shape index (κ3) is 2.87. The molecule has 4 heteroatoms. The largest absolute Gasteiger partial charge is 0.325 e. The first-order valence-corrected chi connectivity index (χ1v) is 6.65. The van der Waals surface area contributed by atoms with Gasteiger partial charge in [-0.1, -0.05) is 13.0 Å². The predicted molar refractivity (Wildman–Crippen MR) is 73.0 cm³/mol. The van der Waals surface area contributed by atoms with Gasteiger partial charge in [0.2, 0.25) is 5.91 Å². The Labute approximate surface area is 110 Å². The van der Waals surface area contributed by atoms with Crippen LogP contribution < -0.4 is 10.6 Å². The molecular weight excluding hydrogens is 280 g/mol. The van der Waals surface area contributed by atoms with Crippen LogP contribution in [0.1, 0.15) is 12.5 Å². The van der Waals surface area contributed by atoms with Crippen molar-refractivity contribution in [3.05, 3.63) is 28.2 Å². The SMILES string of the molecule is Cc1ccc(NC(=O)[C@@H]2CNC[C@H]2C)c(Br)c1. The number of rotatable bonds is 2. The van der Waals surface area contributed by atoms with E-state index in [2.05, 4.69) is 33.5 Å². The molecule has 0 aromatic heterocycles. The molecule has 1 heterocycles. The molecule has 2 N–H and O–H groups in total. The highest BCUT2D eigenvalue weighted by atomic mass is 79.9. The molecule has 0 unspecified atom stereocenters. The Morgan fingerprint density at radius 1 is 1.47 bits per heavy atom. The first-order chi connectivity index (χ1) is 8.08. The minimum atomic E-state index is 0.0724. The molecule has 1 aromatic rings. The van der Waals surface area contributed by atoms with Crippen LogP contribution in [-0.4, -0.2) is 19.0 Å². The number of carbonyl (C=O) groups is 1. The molecule has 1 aromatic carbocycles. The van der Waals surface area contributed by atoms with Gasteiger partial charge in [0.25, 0.3) is 0 Å². The van der Waals surface area contributed by atoms with Crippen molar-refractivity contribution in [1.82, 2.24) is 5.32 Å². The quantitative estimate of drug-likeness (QED) is 0.881. The number of benzene rings is 1. The molecule has 1 aliphatic rings. The maximum Gasteiger partial charge on any atom is 0.229 e. The van der Waals surface area contributed by atoms with E-state index < -0.39 is 0 Å². The zero-order valence-corrected chi connectivity index (χ0v) is 11.7. The summed E-state index contributed by atoms with van der Waals surface area (Å²) >= 11 is 3.47. The number of carbonyl (C=O) groups excluding carboxylic acids is 1. The topological polar surface area (TPSA) is 41.1 Å². The summed E-state index contributed by atoms with van der Waals surface area (Å²) in [5.74, 6) is 0.578. The fourth-order valence-corrected chi connectivity index (χ4v) is 2.70. The molecule has 0 spiro atoms. The number of anilines is 1. The molecule has 0 saturated carbocycles. The summed E-state index contributed by atoms with van der Waals surface area (Å²) in [5, 5.41) is 6.22. The van der Waals surface area contributed by atoms with Gasteiger partial charge in [0, 0.05) is 11.0 Å². The summed E-state index contributed by atoms with van der Waals surface area (Å²) in [6.07, 6.45) is 0. The van der Waals surface area contributed by atoms with E-state index in [4.69, 9.17) is 0 Å². The van der Waals surface area contributed by atoms with Crippen LogP contribution in [0.3, 0.4) is 0 Å². The van der Waals surface area contributed by atoms with Crippen LogP contribution in [-0.2, 0) is 4.79 Å². The first-order valence-electron chi connectivity index (χ1n) is 5.85. The van der Waals surface area contributed by atoms with E-state index in [1.165, 1.54) is 5.56 Å². The Balaban J connectivity index is 2.07. The minimum absolute atomic E-state index is 0.0724. The van der Waals surface area contributed by atoms with Gasteiger partial charge in [-0.05, 0) is 53.0 Å². The highest BCUT2D eigenvalue weighted by Gasteiger charge is 2.29. The smallest absolute Gasteiger partial charge is 0.229 e. The molecule has 2 atom stereocenters. The molecule has 92 valence electrons. The number of nitrogens with one attached hydrogen (secondary N) is 2. The van der Waals surface area contributed by atoms with E-state index >= 15 is 0 Å². The summed E-state index contributed by atoms with van der Waals surface area (Å²) in [5.41, 5.74) is 2.02. The lowest BCUT2D eigenvalue weighted by Gasteiger charge is -2.15. The molecule has 17 heavy (non-hydrogen) atoms. The lowest BCUT2D eigenvalue weighted by atomic mass is 9.97. The van der Waals surface area contributed by atoms with E-state index in [1.54, 1.807) is 0 Å². The lowest BCUT2D eigenvalue weighted by Crippen LogP contribution is -2.27. The Bertz CT molecular complexity index is 433. The van der Waals surface area contributed by atoms with Crippen molar-refractivity contribution in [2.24, 2.45) is 11.8 Å². The van der Waals surface area contributed by atoms with Gasteiger partial charge in [-0.15, -0.1) is 0 Å². The second kappa shape index (κ2) is 5.19. The number of hydrogen-bond donors (Lipinski definition) is 2. The van der Waals surface area contributed by atoms with Gasteiger partial charge in [0.1, 0.15) is 0 Å². The highest BCUT2D eigenvalue weighted by Crippen LogP contribution is 2.25. The predicted octanol–water partition coefficient (Wildman–Crippen LogP) is 2.55. The molecule has 1 aliphatic heterocycles. The zero-order valence-electron chi connectivity index (χ0n) is 10.1. The Kier molecular flexibility index (Phi) is 3.84. The third-order valence-electron chi connectivity index (χ3n) is 3.24. The summed E-state index contributed by atoms with van der Waals surface area (Å²) < 4.78 is 0.935. The van der Waals surface area contributed by atoms with Crippen molar-refractivity contribution in [3.63, 3.8) is 0 Å². The standard InChI is InChI=1S/C13H17BrN2O/c1-8-3-4-12(11(14)5-8)16-13(17)10-7-15-6-9(10)2/h3-5,9-10,15H,6-7H2,1-2H3,(H,16,17)/t9-,10-/m1/s1. The van der Waals surface area contributed by atoms with Gasteiger partial charge in [-0.25, -0.2) is 0 Å². The molecule has 2 rings (SSSR count). The van der Waals surface area contributed by atoms with E-state index in [9.17, 15) is 4.79 Å². The molecule has 1 saturated heterocycles. The fourth-order valence-electron chi connectivity index (χ4n) is 2.11. The highest BCUT2D eigenvalue weighted by molar-refractivity contribution is 9.10. The van der Waals surface area contributed by atoms with E-state index in [0.717, 1.165) is 23.2 Å². The fraction of sp³-hybridized carbons (Fsp3) is 0.462. The minimum Gasteiger partial charge on any atom is -0.325 e. The molecule has 3 nitrogen and oxygen atoms in total. The zero-order chi connectivity index (χ0) is 12.4. The molecular formula is C13H17BrN2O. The van der Waals surface area contributed by atoms with Crippen LogP contribution in [0.4, 0.5) is 5.69 Å². The number of amides is 1. The average Bonchev–Trinajstić information content (AvgIpc) is 2.68. The summed E-state index contributed by atoms with van der Waals surface area (Å²) in [6.45, 7) is 5.83. The van der Waals surface area contributed by atoms with E-state index in [1.807, 2.05) is 25.1 Å². The van der Waals surface area contributed by atoms with E-state index in [-0.39, 0.29) is 11.8 Å². The van der Waals surface area contributed by atoms with Crippen LogP contribution in [0.2, 0.25) is 0 Å². The Morgan fingerprint density at radius 2 is 2.24 bits per heavy atom. The second-order valence-electron chi connectivity index (χ2n) is 4.71. The van der Waals surface area contributed by atoms with Crippen molar-refractivity contribution in [2.45, 2.75) is 13.8 Å². The van der Waals surface area contributed by atoms with Crippen LogP contribution in [0.5, 0.6) is 0 Å². The van der Waals surface area contributed by atoms with Crippen LogP contribution in [0, 0.1) is 18.8 Å². The normalized spacial score (nSPS) is 23.7. The van der Waals surface area contributed by atoms with Crippen molar-refractivity contribution < 1.29 is 4.79 Å². The second-order valence-corrected chi connectivity index (χ2v) is 5.57. The molecule has 0 bridgehead atoms. The number of hydrogen-bond acceptors (Lipinski definition) is 2. The number of aryl methyl sites for hydroxylation is 1. The van der Waals surface area contributed by atoms with Gasteiger partial charge >= 0.3 is 0 Å². The van der Waals surface area contributed by atoms with Gasteiger partial charge < -0.3 is 10.6 Å².